The van der Waals surface area contributed by atoms with E-state index in [4.69, 9.17) is 14.3 Å². The molecule has 1 aromatic heterocycles. The summed E-state index contributed by atoms with van der Waals surface area (Å²) in [6.07, 6.45) is -0.199. The Morgan fingerprint density at radius 2 is 2.05 bits per heavy atom. The minimum atomic E-state index is -0.976. The first-order chi connectivity index (χ1) is 10.1. The molecule has 3 rings (SSSR count). The molecular formula is C16H12O5. The zero-order valence-corrected chi connectivity index (χ0v) is 11.3. The maximum atomic E-state index is 12.5. The highest BCUT2D eigenvalue weighted by Gasteiger charge is 2.13. The Labute approximate surface area is 119 Å². The van der Waals surface area contributed by atoms with Crippen molar-refractivity contribution in [3.63, 3.8) is 0 Å². The van der Waals surface area contributed by atoms with Crippen LogP contribution in [0, 0.1) is 0 Å². The third-order valence-electron chi connectivity index (χ3n) is 3.33. The highest BCUT2D eigenvalue weighted by molar-refractivity contribution is 5.92. The molecule has 2 aromatic carbocycles. The summed E-state index contributed by atoms with van der Waals surface area (Å²) in [5, 5.41) is 9.77. The standard InChI is InChI=1S/C16H12O5/c1-20-10-5-6-11-13(8-10)21-16-9(7-14(17)18)3-2-4-12(16)15(11)19/h2-6,8H,7H2,1H3,(H,17,18). The van der Waals surface area contributed by atoms with Gasteiger partial charge in [0.15, 0.2) is 0 Å². The van der Waals surface area contributed by atoms with Crippen molar-refractivity contribution in [1.29, 1.82) is 0 Å². The molecular weight excluding hydrogens is 272 g/mol. The molecule has 1 N–H and O–H groups in total. The zero-order chi connectivity index (χ0) is 15.0. The Hall–Kier alpha value is -2.82. The lowest BCUT2D eigenvalue weighted by atomic mass is 10.1. The fraction of sp³-hybridized carbons (Fsp3) is 0.125. The normalized spacial score (nSPS) is 10.9. The van der Waals surface area contributed by atoms with Crippen molar-refractivity contribution < 1.29 is 19.1 Å². The maximum Gasteiger partial charge on any atom is 0.307 e. The van der Waals surface area contributed by atoms with Gasteiger partial charge in [0.2, 0.25) is 5.43 Å². The van der Waals surface area contributed by atoms with Crippen LogP contribution >= 0.6 is 0 Å². The number of benzene rings is 2. The summed E-state index contributed by atoms with van der Waals surface area (Å²) in [6, 6.07) is 9.89. The number of carboxylic acid groups (broad SMARTS) is 1. The summed E-state index contributed by atoms with van der Waals surface area (Å²) in [5.74, 6) is -0.406. The van der Waals surface area contributed by atoms with E-state index in [2.05, 4.69) is 0 Å². The van der Waals surface area contributed by atoms with Gasteiger partial charge in [0.25, 0.3) is 0 Å². The van der Waals surface area contributed by atoms with Crippen LogP contribution in [0.3, 0.4) is 0 Å². The summed E-state index contributed by atoms with van der Waals surface area (Å²) in [7, 11) is 1.52. The van der Waals surface area contributed by atoms with Crippen LogP contribution in [0.15, 0.2) is 45.6 Å². The predicted molar refractivity (Wildman–Crippen MR) is 77.9 cm³/mol. The monoisotopic (exact) mass is 284 g/mol. The predicted octanol–water partition coefficient (Wildman–Crippen LogP) is 2.58. The van der Waals surface area contributed by atoms with Gasteiger partial charge in [-0.3, -0.25) is 9.59 Å². The molecule has 0 radical (unpaired) electrons. The molecule has 21 heavy (non-hydrogen) atoms. The van der Waals surface area contributed by atoms with Crippen molar-refractivity contribution in [2.75, 3.05) is 7.11 Å². The van der Waals surface area contributed by atoms with Crippen molar-refractivity contribution in [1.82, 2.24) is 0 Å². The number of rotatable bonds is 3. The smallest absolute Gasteiger partial charge is 0.307 e. The molecule has 0 unspecified atom stereocenters. The summed E-state index contributed by atoms with van der Waals surface area (Å²) < 4.78 is 10.9. The Bertz CT molecular complexity index is 908. The molecule has 0 aliphatic rings. The number of carbonyl (C=O) groups is 1. The highest BCUT2D eigenvalue weighted by Crippen LogP contribution is 2.25. The lowest BCUT2D eigenvalue weighted by Crippen LogP contribution is -2.06. The number of fused-ring (bicyclic) bond motifs is 2. The second-order valence-corrected chi connectivity index (χ2v) is 4.66. The fourth-order valence-electron chi connectivity index (χ4n) is 2.34. The average Bonchev–Trinajstić information content (AvgIpc) is 2.47. The molecule has 0 amide bonds. The van der Waals surface area contributed by atoms with E-state index in [0.717, 1.165) is 0 Å². The minimum Gasteiger partial charge on any atom is -0.497 e. The third-order valence-corrected chi connectivity index (χ3v) is 3.33. The molecule has 0 aliphatic carbocycles. The van der Waals surface area contributed by atoms with Gasteiger partial charge in [0.05, 0.1) is 24.3 Å². The quantitative estimate of drug-likeness (QED) is 0.748. The summed E-state index contributed by atoms with van der Waals surface area (Å²) >= 11 is 0. The van der Waals surface area contributed by atoms with E-state index in [-0.39, 0.29) is 11.8 Å². The van der Waals surface area contributed by atoms with E-state index in [0.29, 0.717) is 33.3 Å². The highest BCUT2D eigenvalue weighted by atomic mass is 16.5. The number of aliphatic carboxylic acids is 1. The van der Waals surface area contributed by atoms with Gasteiger partial charge in [-0.05, 0) is 18.2 Å². The van der Waals surface area contributed by atoms with Crippen LogP contribution in [0.1, 0.15) is 5.56 Å². The second-order valence-electron chi connectivity index (χ2n) is 4.66. The molecule has 0 aliphatic heterocycles. The molecule has 5 heteroatoms. The van der Waals surface area contributed by atoms with Gasteiger partial charge < -0.3 is 14.3 Å². The topological polar surface area (TPSA) is 76.7 Å². The number of hydrogen-bond donors (Lipinski definition) is 1. The molecule has 106 valence electrons. The second kappa shape index (κ2) is 4.94. The Kier molecular flexibility index (Phi) is 3.10. The molecule has 0 spiro atoms. The van der Waals surface area contributed by atoms with Crippen LogP contribution in [-0.4, -0.2) is 18.2 Å². The molecule has 1 heterocycles. The number of hydrogen-bond acceptors (Lipinski definition) is 4. The lowest BCUT2D eigenvalue weighted by molar-refractivity contribution is -0.136. The van der Waals surface area contributed by atoms with Gasteiger partial charge >= 0.3 is 5.97 Å². The first kappa shape index (κ1) is 13.2. The van der Waals surface area contributed by atoms with Gasteiger partial charge in [0, 0.05) is 11.6 Å². The van der Waals surface area contributed by atoms with E-state index in [1.807, 2.05) is 0 Å². The van der Waals surface area contributed by atoms with Crippen molar-refractivity contribution in [2.24, 2.45) is 0 Å². The van der Waals surface area contributed by atoms with Crippen LogP contribution in [0.2, 0.25) is 0 Å². The minimum absolute atomic E-state index is 0.179. The third kappa shape index (κ3) is 2.23. The molecule has 0 bridgehead atoms. The van der Waals surface area contributed by atoms with Crippen LogP contribution in [-0.2, 0) is 11.2 Å². The SMILES string of the molecule is COc1ccc2c(=O)c3cccc(CC(=O)O)c3oc2c1. The van der Waals surface area contributed by atoms with Crippen molar-refractivity contribution >= 4 is 27.9 Å². The van der Waals surface area contributed by atoms with Crippen molar-refractivity contribution in [2.45, 2.75) is 6.42 Å². The molecule has 5 nitrogen and oxygen atoms in total. The molecule has 3 aromatic rings. The number of para-hydroxylation sites is 1. The van der Waals surface area contributed by atoms with Gasteiger partial charge in [0.1, 0.15) is 16.9 Å². The van der Waals surface area contributed by atoms with E-state index in [9.17, 15) is 9.59 Å². The van der Waals surface area contributed by atoms with Crippen LogP contribution < -0.4 is 10.2 Å². The Balaban J connectivity index is 2.39. The first-order valence-electron chi connectivity index (χ1n) is 6.34. The van der Waals surface area contributed by atoms with Crippen molar-refractivity contribution in [3.8, 4) is 5.75 Å². The van der Waals surface area contributed by atoms with Gasteiger partial charge in [-0.1, -0.05) is 12.1 Å². The van der Waals surface area contributed by atoms with Crippen LogP contribution in [0.5, 0.6) is 5.75 Å². The number of carboxylic acids is 1. The van der Waals surface area contributed by atoms with Gasteiger partial charge in [-0.25, -0.2) is 0 Å². The van der Waals surface area contributed by atoms with Crippen molar-refractivity contribution in [3.05, 3.63) is 52.2 Å². The first-order valence-corrected chi connectivity index (χ1v) is 6.34. The largest absolute Gasteiger partial charge is 0.497 e. The van der Waals surface area contributed by atoms with Gasteiger partial charge in [-0.2, -0.15) is 0 Å². The lowest BCUT2D eigenvalue weighted by Gasteiger charge is -2.06. The Morgan fingerprint density at radius 3 is 2.76 bits per heavy atom. The van der Waals surface area contributed by atoms with Crippen LogP contribution in [0.25, 0.3) is 21.9 Å². The zero-order valence-electron chi connectivity index (χ0n) is 11.3. The number of ether oxygens (including phenoxy) is 1. The van der Waals surface area contributed by atoms with E-state index >= 15 is 0 Å². The summed E-state index contributed by atoms with van der Waals surface area (Å²) in [4.78, 5) is 23.4. The van der Waals surface area contributed by atoms with E-state index in [1.165, 1.54) is 7.11 Å². The summed E-state index contributed by atoms with van der Waals surface area (Å²) in [6.45, 7) is 0. The fourth-order valence-corrected chi connectivity index (χ4v) is 2.34. The number of methoxy groups -OCH3 is 1. The van der Waals surface area contributed by atoms with Crippen LogP contribution in [0.4, 0.5) is 0 Å². The van der Waals surface area contributed by atoms with E-state index < -0.39 is 5.97 Å². The molecule has 0 atom stereocenters. The molecule has 0 saturated heterocycles. The maximum absolute atomic E-state index is 12.5. The van der Waals surface area contributed by atoms with E-state index in [1.54, 1.807) is 36.4 Å². The summed E-state index contributed by atoms with van der Waals surface area (Å²) in [5.41, 5.74) is 0.985. The molecule has 0 fully saturated rings. The van der Waals surface area contributed by atoms with Gasteiger partial charge in [-0.15, -0.1) is 0 Å². The Morgan fingerprint density at radius 1 is 1.24 bits per heavy atom. The molecule has 0 saturated carbocycles. The average molecular weight is 284 g/mol.